The number of fused-ring (bicyclic) bond motifs is 5. The van der Waals surface area contributed by atoms with Crippen LogP contribution in [0.4, 0.5) is 33.6 Å². The third-order valence-corrected chi connectivity index (χ3v) is 14.9. The molecule has 0 unspecified atom stereocenters. The summed E-state index contributed by atoms with van der Waals surface area (Å²) in [7, 11) is -20.1. The third kappa shape index (κ3) is 10.1. The smallest absolute Gasteiger partial charge is 0.297 e. The van der Waals surface area contributed by atoms with Crippen molar-refractivity contribution < 1.29 is 66.8 Å². The second kappa shape index (κ2) is 18.5. The molecule has 31 heteroatoms. The van der Waals surface area contributed by atoms with E-state index in [4.69, 9.17) is 16.3 Å². The molecule has 8 aromatic rings. The van der Waals surface area contributed by atoms with Gasteiger partial charge in [0.15, 0.2) is 17.1 Å². The number of azo groups is 3. The number of thiazole rings is 1. The second-order valence-corrected chi connectivity index (χ2v) is 22.1. The van der Waals surface area contributed by atoms with Crippen LogP contribution in [0, 0.1) is 25.2 Å². The van der Waals surface area contributed by atoms with E-state index in [2.05, 4.69) is 40.7 Å². The fourth-order valence-corrected chi connectivity index (χ4v) is 11.0. The molecule has 25 nitrogen and oxygen atoms in total. The van der Waals surface area contributed by atoms with Crippen LogP contribution in [0.15, 0.2) is 112 Å². The summed E-state index contributed by atoms with van der Waals surface area (Å²) >= 11 is 6.89. The number of aryl methyl sites for hydroxylation is 1. The molecule has 0 fully saturated rings. The number of rotatable bonds is 14. The fourth-order valence-electron chi connectivity index (χ4n) is 7.13. The predicted molar refractivity (Wildman–Crippen MR) is 254 cm³/mol. The minimum atomic E-state index is -5.46. The number of nitriles is 1. The van der Waals surface area contributed by atoms with Crippen LogP contribution in [-0.2, 0) is 40.5 Å². The summed E-state index contributed by atoms with van der Waals surface area (Å²) in [6, 6.07) is 16.0. The predicted octanol–water partition coefficient (Wildman–Crippen LogP) is 9.45. The Balaban J connectivity index is 1.22. The van der Waals surface area contributed by atoms with E-state index in [9.17, 15) is 67.4 Å². The SMILES string of the molecule is Cc1cc(N=Nc2c(S(=O)(=O)O)cc3c(S(=O)(=O)O)c(N=Nc4c(C)c(C#N)c5nc6ccccc6n5c4O)ccc3c2O)c(OCCCS(=O)(=O)O)cc1N=Nc1nc2c(S(=O)(=O)O)cc(Cl)cc2s1. The largest absolute Gasteiger partial charge is 0.505 e. The zero-order valence-corrected chi connectivity index (χ0v) is 40.6. The molecule has 0 saturated carbocycles. The number of halogens is 1. The number of pyridine rings is 1. The molecular weight excluding hydrogens is 1060 g/mol. The fraction of sp³-hybridized carbons (Fsp3) is 0.125. The number of imidazole rings is 1. The molecule has 6 N–H and O–H groups in total. The van der Waals surface area contributed by atoms with Gasteiger partial charge >= 0.3 is 0 Å². The van der Waals surface area contributed by atoms with Gasteiger partial charge in [-0.05, 0) is 74.4 Å². The number of aromatic nitrogens is 3. The highest BCUT2D eigenvalue weighted by Gasteiger charge is 2.29. The molecule has 0 atom stereocenters. The lowest BCUT2D eigenvalue weighted by Gasteiger charge is -2.13. The van der Waals surface area contributed by atoms with Crippen LogP contribution in [-0.4, -0.2) is 88.8 Å². The third-order valence-electron chi connectivity index (χ3n) is 10.3. The molecule has 0 radical (unpaired) electrons. The van der Waals surface area contributed by atoms with E-state index >= 15 is 0 Å². The Morgan fingerprint density at radius 1 is 0.746 bits per heavy atom. The second-order valence-electron chi connectivity index (χ2n) is 15.0. The first kappa shape index (κ1) is 50.2. The standard InChI is InChI=1S/C40H29ClN10O15S5/c1-18-12-27(29(66-10-5-11-68(54,55)56)16-26(18)46-50-40-44-34-30(67-40)13-20(41)14-31(34)69(57,58)59)47-49-35-32(70(60,61)62)15-22-21(36(35)52)8-9-25(37(22)71(63,64)65)45-48-33-19(2)23(17-42)38-43-24-6-3-4-7-28(24)51(38)39(33)53/h3-4,6-9,12-16,52-53H,5,10-11H2,1-2H3,(H,54,55,56)(H,57,58,59)(H,60,61,62)(H,63,64,65). The van der Waals surface area contributed by atoms with Gasteiger partial charge in [0, 0.05) is 27.4 Å². The zero-order valence-electron chi connectivity index (χ0n) is 35.7. The first-order valence-electron chi connectivity index (χ1n) is 19.6. The number of para-hydroxylation sites is 2. The molecular formula is C40H29ClN10O15S5. The molecule has 0 amide bonds. The quantitative estimate of drug-likeness (QED) is 0.0335. The molecule has 8 rings (SSSR count). The van der Waals surface area contributed by atoms with Gasteiger partial charge in [-0.2, -0.15) is 38.9 Å². The summed E-state index contributed by atoms with van der Waals surface area (Å²) < 4.78 is 146. The normalized spacial score (nSPS) is 13.0. The molecule has 0 aliphatic heterocycles. The van der Waals surface area contributed by atoms with Gasteiger partial charge < -0.3 is 14.9 Å². The van der Waals surface area contributed by atoms with Crippen molar-refractivity contribution in [3.63, 3.8) is 0 Å². The van der Waals surface area contributed by atoms with Crippen LogP contribution >= 0.6 is 22.9 Å². The number of nitrogens with zero attached hydrogens (tertiary/aromatic N) is 10. The van der Waals surface area contributed by atoms with Crippen LogP contribution in [0.2, 0.25) is 5.02 Å². The molecule has 5 aromatic carbocycles. The molecule has 0 aliphatic carbocycles. The Labute approximate surface area is 408 Å². The average molecular weight is 1090 g/mol. The highest BCUT2D eigenvalue weighted by Crippen LogP contribution is 2.47. The Morgan fingerprint density at radius 2 is 1.42 bits per heavy atom. The maximum Gasteiger partial charge on any atom is 0.297 e. The summed E-state index contributed by atoms with van der Waals surface area (Å²) in [4.78, 5) is 5.61. The number of phenols is 1. The number of hydrogen-bond donors (Lipinski definition) is 6. The lowest BCUT2D eigenvalue weighted by Crippen LogP contribution is -2.08. The molecule has 0 spiro atoms. The molecule has 3 heterocycles. The highest BCUT2D eigenvalue weighted by atomic mass is 35.5. The van der Waals surface area contributed by atoms with Gasteiger partial charge in [0.05, 0.1) is 33.8 Å². The molecule has 0 bridgehead atoms. The van der Waals surface area contributed by atoms with Crippen LogP contribution in [0.25, 0.3) is 37.7 Å². The van der Waals surface area contributed by atoms with Gasteiger partial charge in [0.2, 0.25) is 11.0 Å². The van der Waals surface area contributed by atoms with Gasteiger partial charge in [-0.1, -0.05) is 35.1 Å². The highest BCUT2D eigenvalue weighted by molar-refractivity contribution is 7.87. The van der Waals surface area contributed by atoms with Crippen molar-refractivity contribution in [1.29, 1.82) is 5.26 Å². The summed E-state index contributed by atoms with van der Waals surface area (Å²) in [5, 5.41) is 55.7. The van der Waals surface area contributed by atoms with Crippen LogP contribution in [0.3, 0.4) is 0 Å². The Bertz CT molecular complexity index is 4210. The van der Waals surface area contributed by atoms with E-state index in [0.717, 1.165) is 29.5 Å². The summed E-state index contributed by atoms with van der Waals surface area (Å²) in [5.41, 5.74) is -1.10. The molecule has 366 valence electrons. The Hall–Kier alpha value is -7.18. The number of hydrogen-bond acceptors (Lipinski definition) is 21. The topological polar surface area (TPSA) is 395 Å². The monoisotopic (exact) mass is 1080 g/mol. The van der Waals surface area contributed by atoms with Gasteiger partial charge in [0.25, 0.3) is 40.5 Å². The molecule has 0 aliphatic rings. The minimum Gasteiger partial charge on any atom is -0.505 e. The van der Waals surface area contributed by atoms with Crippen molar-refractivity contribution in [1.82, 2.24) is 14.4 Å². The number of ether oxygens (including phenoxy) is 1. The number of phenolic OH excluding ortho intramolecular Hbond substituents is 1. The van der Waals surface area contributed by atoms with Crippen LogP contribution in [0.5, 0.6) is 17.4 Å². The van der Waals surface area contributed by atoms with E-state index in [1.807, 2.05) is 6.07 Å². The first-order chi connectivity index (χ1) is 33.2. The van der Waals surface area contributed by atoms with Crippen molar-refractivity contribution in [3.8, 4) is 23.4 Å². The van der Waals surface area contributed by atoms with E-state index < -0.39 is 94.7 Å². The Morgan fingerprint density at radius 3 is 2.10 bits per heavy atom. The van der Waals surface area contributed by atoms with E-state index in [1.165, 1.54) is 36.4 Å². The summed E-state index contributed by atoms with van der Waals surface area (Å²) in [6.07, 6.45) is -0.265. The maximum atomic E-state index is 13.1. The average Bonchev–Trinajstić information content (AvgIpc) is 3.87. The van der Waals surface area contributed by atoms with Gasteiger partial charge in [-0.3, -0.25) is 22.6 Å². The van der Waals surface area contributed by atoms with Gasteiger partial charge in [-0.25, -0.2) is 9.97 Å². The van der Waals surface area contributed by atoms with E-state index in [1.54, 1.807) is 24.3 Å². The van der Waals surface area contributed by atoms with E-state index in [-0.39, 0.29) is 78.5 Å². The van der Waals surface area contributed by atoms with Crippen molar-refractivity contribution >= 4 is 135 Å². The summed E-state index contributed by atoms with van der Waals surface area (Å²) in [6.45, 7) is 2.53. The number of benzene rings is 5. The summed E-state index contributed by atoms with van der Waals surface area (Å²) in [5.74, 6) is -2.60. The number of aromatic hydroxyl groups is 2. The molecule has 71 heavy (non-hydrogen) atoms. The van der Waals surface area contributed by atoms with Crippen LogP contribution in [0.1, 0.15) is 23.1 Å². The zero-order chi connectivity index (χ0) is 51.5. The van der Waals surface area contributed by atoms with Crippen molar-refractivity contribution in [2.24, 2.45) is 30.7 Å². The lowest BCUT2D eigenvalue weighted by molar-refractivity contribution is 0.317. The Kier molecular flexibility index (Phi) is 13.1. The molecule has 3 aromatic heterocycles. The van der Waals surface area contributed by atoms with Gasteiger partial charge in [0.1, 0.15) is 54.6 Å². The van der Waals surface area contributed by atoms with Crippen LogP contribution < -0.4 is 4.74 Å². The maximum absolute atomic E-state index is 13.1. The molecule has 0 saturated heterocycles. The van der Waals surface area contributed by atoms with Crippen molar-refractivity contribution in [2.75, 3.05) is 12.4 Å². The van der Waals surface area contributed by atoms with Gasteiger partial charge in [-0.15, -0.1) is 30.7 Å². The van der Waals surface area contributed by atoms with Crippen molar-refractivity contribution in [2.45, 2.75) is 35.0 Å². The minimum absolute atomic E-state index is 0.0190. The lowest BCUT2D eigenvalue weighted by atomic mass is 10.1. The van der Waals surface area contributed by atoms with E-state index in [0.29, 0.717) is 17.1 Å². The first-order valence-corrected chi connectivity index (χ1v) is 26.7. The van der Waals surface area contributed by atoms with Crippen molar-refractivity contribution in [3.05, 3.63) is 88.4 Å².